The van der Waals surface area contributed by atoms with Crippen molar-refractivity contribution in [1.82, 2.24) is 14.3 Å². The lowest BCUT2D eigenvalue weighted by molar-refractivity contribution is -0.110. The number of nitrogens with one attached hydrogen (secondary N) is 1. The third-order valence-electron chi connectivity index (χ3n) is 5.88. The van der Waals surface area contributed by atoms with Crippen LogP contribution in [0.25, 0.3) is 22.2 Å². The lowest BCUT2D eigenvalue weighted by atomic mass is 9.96. The van der Waals surface area contributed by atoms with Gasteiger partial charge in [-0.05, 0) is 61.2 Å². The number of rotatable bonds is 5. The molecule has 0 radical (unpaired) electrons. The van der Waals surface area contributed by atoms with Crippen molar-refractivity contribution in [2.24, 2.45) is 0 Å². The van der Waals surface area contributed by atoms with Gasteiger partial charge in [-0.2, -0.15) is 13.2 Å². The fraction of sp³-hybridized carbons (Fsp3) is 0.417. The first kappa shape index (κ1) is 26.2. The van der Waals surface area contributed by atoms with Crippen LogP contribution in [0, 0.1) is 0 Å². The summed E-state index contributed by atoms with van der Waals surface area (Å²) in [5, 5.41) is 0.644. The van der Waals surface area contributed by atoms with Crippen LogP contribution in [-0.4, -0.2) is 43.6 Å². The summed E-state index contributed by atoms with van der Waals surface area (Å²) in [6.07, 6.45) is 0.692. The Bertz CT molecular complexity index is 1190. The van der Waals surface area contributed by atoms with Crippen LogP contribution in [-0.2, 0) is 9.71 Å². The summed E-state index contributed by atoms with van der Waals surface area (Å²) < 4.78 is 72.5. The molecule has 1 aliphatic rings. The van der Waals surface area contributed by atoms with Crippen molar-refractivity contribution < 1.29 is 26.2 Å². The molecule has 186 valence electrons. The summed E-state index contributed by atoms with van der Waals surface area (Å²) in [6.45, 7) is 0.188. The maximum Gasteiger partial charge on any atom is 0.386 e. The highest BCUT2D eigenvalue weighted by Gasteiger charge is 2.25. The minimum Gasteiger partial charge on any atom is -0.338 e. The van der Waals surface area contributed by atoms with Gasteiger partial charge in [-0.15, -0.1) is 0 Å². The average molecular weight is 502 g/mol. The molecule has 0 spiro atoms. The fourth-order valence-electron chi connectivity index (χ4n) is 4.12. The highest BCUT2D eigenvalue weighted by Crippen LogP contribution is 2.32. The maximum absolute atomic E-state index is 13.4. The Hall–Kier alpha value is -2.46. The minimum absolute atomic E-state index is 0.147. The molecule has 0 bridgehead atoms. The Labute approximate surface area is 196 Å². The van der Waals surface area contributed by atoms with E-state index in [9.17, 15) is 26.2 Å². The van der Waals surface area contributed by atoms with E-state index in [0.29, 0.717) is 22.0 Å². The first-order chi connectivity index (χ1) is 15.9. The molecule has 1 aromatic carbocycles. The molecule has 3 aromatic rings. The number of fused-ring (bicyclic) bond motifs is 1. The zero-order chi connectivity index (χ0) is 25.1. The second-order valence-electron chi connectivity index (χ2n) is 8.43. The van der Waals surface area contributed by atoms with E-state index in [0.717, 1.165) is 24.0 Å². The third-order valence-corrected chi connectivity index (χ3v) is 8.11. The smallest absolute Gasteiger partial charge is 0.338 e. The molecule has 2 aromatic heterocycles. The van der Waals surface area contributed by atoms with E-state index < -0.39 is 22.3 Å². The van der Waals surface area contributed by atoms with Crippen LogP contribution in [0.1, 0.15) is 51.1 Å². The Morgan fingerprint density at radius 1 is 1.12 bits per heavy atom. The van der Waals surface area contributed by atoms with Crippen LogP contribution in [0.4, 0.5) is 22.0 Å². The normalized spacial score (nSPS) is 17.0. The van der Waals surface area contributed by atoms with Crippen molar-refractivity contribution >= 4 is 26.6 Å². The van der Waals surface area contributed by atoms with E-state index in [1.807, 2.05) is 35.6 Å². The predicted molar refractivity (Wildman–Crippen MR) is 126 cm³/mol. The van der Waals surface area contributed by atoms with E-state index >= 15 is 0 Å². The van der Waals surface area contributed by atoms with Crippen molar-refractivity contribution in [2.75, 3.05) is 7.05 Å². The second-order valence-corrected chi connectivity index (χ2v) is 10.8. The number of hydrogen-bond acceptors (Lipinski definition) is 2. The molecule has 1 N–H and O–H groups in total. The first-order valence-corrected chi connectivity index (χ1v) is 12.6. The summed E-state index contributed by atoms with van der Waals surface area (Å²) in [7, 11) is -0.671. The quantitative estimate of drug-likeness (QED) is 0.303. The number of aromatic amines is 1. The van der Waals surface area contributed by atoms with Crippen LogP contribution < -0.4 is 0 Å². The summed E-state index contributed by atoms with van der Waals surface area (Å²) in [6, 6.07) is 10.9. The molecule has 1 unspecified atom stereocenters. The predicted octanol–water partition coefficient (Wildman–Crippen LogP) is 6.99. The molecular weight excluding hydrogens is 473 g/mol. The molecule has 10 heteroatoms. The SMILES string of the molecule is C=S(=O)(c1ccc(-c2ccnc3[nH]c(C(F)F)cc23)cc1)N(C)C1CCCCC1.CC(F)(F)F. The average Bonchev–Trinajstić information content (AvgIpc) is 3.23. The number of nitrogens with zero attached hydrogens (tertiary/aromatic N) is 2. The van der Waals surface area contributed by atoms with Gasteiger partial charge in [0.25, 0.3) is 6.43 Å². The Morgan fingerprint density at radius 3 is 2.26 bits per heavy atom. The molecule has 0 amide bonds. The van der Waals surface area contributed by atoms with Crippen molar-refractivity contribution in [1.29, 1.82) is 0 Å². The largest absolute Gasteiger partial charge is 0.386 e. The van der Waals surface area contributed by atoms with Crippen LogP contribution >= 0.6 is 0 Å². The number of aromatic nitrogens is 2. The van der Waals surface area contributed by atoms with E-state index in [1.54, 1.807) is 12.3 Å². The Kier molecular flexibility index (Phi) is 8.02. The van der Waals surface area contributed by atoms with Gasteiger partial charge in [0, 0.05) is 29.4 Å². The van der Waals surface area contributed by atoms with Gasteiger partial charge in [-0.3, -0.25) is 0 Å². The lowest BCUT2D eigenvalue weighted by Crippen LogP contribution is -2.38. The van der Waals surface area contributed by atoms with Gasteiger partial charge in [-0.25, -0.2) is 22.3 Å². The van der Waals surface area contributed by atoms with E-state index in [1.165, 1.54) is 25.3 Å². The number of hydrogen-bond donors (Lipinski definition) is 1. The molecule has 1 aliphatic carbocycles. The molecular formula is C24H28F5N3OS. The van der Waals surface area contributed by atoms with Crippen LogP contribution in [0.5, 0.6) is 0 Å². The van der Waals surface area contributed by atoms with Crippen LogP contribution in [0.2, 0.25) is 0 Å². The van der Waals surface area contributed by atoms with E-state index in [4.69, 9.17) is 0 Å². The van der Waals surface area contributed by atoms with Crippen molar-refractivity contribution in [3.63, 3.8) is 0 Å². The molecule has 2 heterocycles. The molecule has 1 saturated carbocycles. The number of benzene rings is 1. The van der Waals surface area contributed by atoms with Gasteiger partial charge in [0.1, 0.15) is 5.65 Å². The topological polar surface area (TPSA) is 49.0 Å². The molecule has 1 atom stereocenters. The van der Waals surface area contributed by atoms with Crippen molar-refractivity contribution in [2.45, 2.75) is 62.6 Å². The van der Waals surface area contributed by atoms with Gasteiger partial charge in [0.2, 0.25) is 0 Å². The van der Waals surface area contributed by atoms with Crippen LogP contribution in [0.15, 0.2) is 47.5 Å². The number of H-pyrrole nitrogens is 1. The van der Waals surface area contributed by atoms with Gasteiger partial charge in [0.15, 0.2) is 0 Å². The van der Waals surface area contributed by atoms with E-state index in [2.05, 4.69) is 15.8 Å². The van der Waals surface area contributed by atoms with Crippen LogP contribution in [0.3, 0.4) is 0 Å². The molecule has 1 fully saturated rings. The van der Waals surface area contributed by atoms with Gasteiger partial charge in [0.05, 0.1) is 15.4 Å². The fourth-order valence-corrected chi connectivity index (χ4v) is 5.70. The Morgan fingerprint density at radius 2 is 1.71 bits per heavy atom. The van der Waals surface area contributed by atoms with Crippen molar-refractivity contribution in [3.05, 3.63) is 48.3 Å². The number of halogens is 5. The summed E-state index contributed by atoms with van der Waals surface area (Å²) in [5.41, 5.74) is 1.95. The molecule has 4 rings (SSSR count). The zero-order valence-electron chi connectivity index (χ0n) is 19.0. The minimum atomic E-state index is -4.00. The molecule has 34 heavy (non-hydrogen) atoms. The maximum atomic E-state index is 13.4. The highest BCUT2D eigenvalue weighted by atomic mass is 32.2. The standard InChI is InChI=1S/C22H25F2N3OS.C2H3F3/c1-27(16-6-4-3-5-7-16)29(2,28)17-10-8-15(9-11-17)18-12-13-25-22-19(18)14-20(26-22)21(23)24;1-2(3,4)5/h8-14,16,21H,2-7H2,1H3,(H,25,26);1H3. The summed E-state index contributed by atoms with van der Waals surface area (Å²) in [5.74, 6) is 4.05. The Balaban J connectivity index is 0.000000588. The molecule has 0 aliphatic heterocycles. The third kappa shape index (κ3) is 6.35. The van der Waals surface area contributed by atoms with Gasteiger partial charge in [-0.1, -0.05) is 31.4 Å². The summed E-state index contributed by atoms with van der Waals surface area (Å²) in [4.78, 5) is 7.50. The monoisotopic (exact) mass is 501 g/mol. The van der Waals surface area contributed by atoms with Gasteiger partial charge >= 0.3 is 6.18 Å². The molecule has 0 saturated heterocycles. The van der Waals surface area contributed by atoms with Crippen molar-refractivity contribution in [3.8, 4) is 11.1 Å². The highest BCUT2D eigenvalue weighted by molar-refractivity contribution is 7.98. The van der Waals surface area contributed by atoms with E-state index in [-0.39, 0.29) is 12.6 Å². The van der Waals surface area contributed by atoms with Gasteiger partial charge < -0.3 is 4.98 Å². The summed E-state index contributed by atoms with van der Waals surface area (Å²) >= 11 is 0. The second kappa shape index (κ2) is 10.4. The number of alkyl halides is 5. The molecule has 4 nitrogen and oxygen atoms in total. The number of pyridine rings is 1. The first-order valence-electron chi connectivity index (χ1n) is 10.9. The lowest BCUT2D eigenvalue weighted by Gasteiger charge is -2.33. The zero-order valence-corrected chi connectivity index (χ0v) is 19.9.